The molecule has 0 saturated heterocycles. The number of hydrogen-bond donors (Lipinski definition) is 0. The topological polar surface area (TPSA) is 8.17 Å². The third kappa shape index (κ3) is 5.65. The number of hydrogen-bond acceptors (Lipinski definition) is 1. The lowest BCUT2D eigenvalue weighted by molar-refractivity contribution is 0.591. The third-order valence-electron chi connectivity index (χ3n) is 11.3. The largest absolute Gasteiger partial charge is 0.310 e. The molecular weight excluding hydrogens is 677 g/mol. The van der Waals surface area contributed by atoms with Crippen molar-refractivity contribution in [2.75, 3.05) is 4.90 Å². The van der Waals surface area contributed by atoms with Gasteiger partial charge in [-0.2, -0.15) is 0 Å². The van der Waals surface area contributed by atoms with Gasteiger partial charge in [0.05, 0.1) is 11.0 Å². The number of fused-ring (bicyclic) bond motifs is 5. The fraction of sp³-hybridized carbons (Fsp3) is 0.0741. The minimum atomic E-state index is 0.0278. The van der Waals surface area contributed by atoms with Gasteiger partial charge in [0.25, 0.3) is 0 Å². The second kappa shape index (κ2) is 13.4. The van der Waals surface area contributed by atoms with Crippen LogP contribution in [0.25, 0.3) is 71.3 Å². The molecule has 1 heterocycles. The van der Waals surface area contributed by atoms with Crippen molar-refractivity contribution < 1.29 is 0 Å². The van der Waals surface area contributed by atoms with Gasteiger partial charge in [0.15, 0.2) is 0 Å². The van der Waals surface area contributed by atoms with Gasteiger partial charge in [0, 0.05) is 33.5 Å². The normalized spacial score (nSPS) is 11.8. The molecule has 0 unspecified atom stereocenters. The zero-order valence-electron chi connectivity index (χ0n) is 31.9. The van der Waals surface area contributed by atoms with E-state index in [2.05, 4.69) is 230 Å². The molecule has 268 valence electrons. The van der Waals surface area contributed by atoms with Crippen molar-refractivity contribution in [3.63, 3.8) is 0 Å². The fourth-order valence-electron chi connectivity index (χ4n) is 8.63. The van der Waals surface area contributed by atoms with E-state index in [1.807, 2.05) is 0 Å². The molecule has 0 atom stereocenters. The molecule has 9 aromatic carbocycles. The van der Waals surface area contributed by atoms with E-state index in [0.29, 0.717) is 0 Å². The van der Waals surface area contributed by atoms with E-state index in [1.165, 1.54) is 71.2 Å². The molecule has 1 aromatic heterocycles. The van der Waals surface area contributed by atoms with Crippen molar-refractivity contribution in [1.29, 1.82) is 0 Å². The molecule has 0 saturated carbocycles. The van der Waals surface area contributed by atoms with Crippen LogP contribution in [0, 0.1) is 0 Å². The molecule has 0 aliphatic heterocycles. The Balaban J connectivity index is 1.15. The number of benzene rings is 9. The lowest BCUT2D eigenvalue weighted by Crippen LogP contribution is -2.10. The van der Waals surface area contributed by atoms with Crippen LogP contribution in [0.3, 0.4) is 0 Å². The summed E-state index contributed by atoms with van der Waals surface area (Å²) in [4.78, 5) is 2.34. The SMILES string of the molecule is CC(C)(C)c1ccc2c(-c3ccc(-n4c5ccccc5c5cc(N(c6ccccc6)c6ccccc6)ccc54)cc3)c3ccccc3c(-c3ccccc3)c2c1. The lowest BCUT2D eigenvalue weighted by atomic mass is 9.81. The van der Waals surface area contributed by atoms with Crippen molar-refractivity contribution in [2.24, 2.45) is 0 Å². The van der Waals surface area contributed by atoms with Crippen LogP contribution in [-0.2, 0) is 5.41 Å². The Kier molecular flexibility index (Phi) is 8.08. The molecule has 0 N–H and O–H groups in total. The Labute approximate surface area is 328 Å². The van der Waals surface area contributed by atoms with Gasteiger partial charge < -0.3 is 9.47 Å². The summed E-state index contributed by atoms with van der Waals surface area (Å²) in [7, 11) is 0. The van der Waals surface area contributed by atoms with E-state index in [-0.39, 0.29) is 5.41 Å². The Hall–Kier alpha value is -6.90. The van der Waals surface area contributed by atoms with Gasteiger partial charge >= 0.3 is 0 Å². The van der Waals surface area contributed by atoms with Crippen molar-refractivity contribution in [3.05, 3.63) is 206 Å². The summed E-state index contributed by atoms with van der Waals surface area (Å²) < 4.78 is 2.41. The van der Waals surface area contributed by atoms with Gasteiger partial charge in [-0.05, 0) is 122 Å². The Morgan fingerprint density at radius 3 is 1.48 bits per heavy atom. The van der Waals surface area contributed by atoms with E-state index in [4.69, 9.17) is 0 Å². The molecule has 10 rings (SSSR count). The molecule has 0 spiro atoms. The maximum absolute atomic E-state index is 2.44. The minimum absolute atomic E-state index is 0.0278. The summed E-state index contributed by atoms with van der Waals surface area (Å²) in [5.74, 6) is 0. The maximum Gasteiger partial charge on any atom is 0.0542 e. The molecule has 10 aromatic rings. The first-order valence-corrected chi connectivity index (χ1v) is 19.5. The van der Waals surface area contributed by atoms with E-state index < -0.39 is 0 Å². The second-order valence-electron chi connectivity index (χ2n) is 15.8. The zero-order chi connectivity index (χ0) is 37.8. The van der Waals surface area contributed by atoms with Crippen molar-refractivity contribution >= 4 is 60.4 Å². The maximum atomic E-state index is 2.44. The number of rotatable bonds is 6. The van der Waals surface area contributed by atoms with Gasteiger partial charge in [0.1, 0.15) is 0 Å². The van der Waals surface area contributed by atoms with Crippen LogP contribution in [-0.4, -0.2) is 4.57 Å². The van der Waals surface area contributed by atoms with E-state index >= 15 is 0 Å². The predicted octanol–water partition coefficient (Wildman–Crippen LogP) is 15.2. The number of para-hydroxylation sites is 3. The first kappa shape index (κ1) is 33.7. The molecule has 2 heteroatoms. The van der Waals surface area contributed by atoms with Crippen LogP contribution in [0.1, 0.15) is 26.3 Å². The molecule has 0 fully saturated rings. The Bertz CT molecular complexity index is 2990. The van der Waals surface area contributed by atoms with Gasteiger partial charge in [-0.3, -0.25) is 0 Å². The highest BCUT2D eigenvalue weighted by atomic mass is 15.1. The highest BCUT2D eigenvalue weighted by Crippen LogP contribution is 2.45. The van der Waals surface area contributed by atoms with Crippen molar-refractivity contribution in [2.45, 2.75) is 26.2 Å². The summed E-state index contributed by atoms with van der Waals surface area (Å²) >= 11 is 0. The average molecular weight is 719 g/mol. The molecular formula is C54H42N2. The highest BCUT2D eigenvalue weighted by molar-refractivity contribution is 6.21. The first-order chi connectivity index (χ1) is 27.4. The molecule has 0 aliphatic carbocycles. The summed E-state index contributed by atoms with van der Waals surface area (Å²) in [6.45, 7) is 6.90. The summed E-state index contributed by atoms with van der Waals surface area (Å²) in [6.07, 6.45) is 0. The zero-order valence-corrected chi connectivity index (χ0v) is 31.9. The fourth-order valence-corrected chi connectivity index (χ4v) is 8.63. The second-order valence-corrected chi connectivity index (χ2v) is 15.8. The van der Waals surface area contributed by atoms with E-state index in [9.17, 15) is 0 Å². The average Bonchev–Trinajstić information content (AvgIpc) is 3.57. The van der Waals surface area contributed by atoms with Crippen LogP contribution in [0.2, 0.25) is 0 Å². The minimum Gasteiger partial charge on any atom is -0.310 e. The molecule has 0 radical (unpaired) electrons. The summed E-state index contributed by atoms with van der Waals surface area (Å²) in [5, 5.41) is 7.56. The quantitative estimate of drug-likeness (QED) is 0.155. The first-order valence-electron chi connectivity index (χ1n) is 19.5. The van der Waals surface area contributed by atoms with Gasteiger partial charge in [-0.25, -0.2) is 0 Å². The van der Waals surface area contributed by atoms with E-state index in [0.717, 1.165) is 22.7 Å². The van der Waals surface area contributed by atoms with Gasteiger partial charge in [0.2, 0.25) is 0 Å². The molecule has 2 nitrogen and oxygen atoms in total. The molecule has 56 heavy (non-hydrogen) atoms. The van der Waals surface area contributed by atoms with Crippen LogP contribution >= 0.6 is 0 Å². The summed E-state index contributed by atoms with van der Waals surface area (Å²) in [6, 6.07) is 73.1. The lowest BCUT2D eigenvalue weighted by Gasteiger charge is -2.25. The van der Waals surface area contributed by atoms with Gasteiger partial charge in [-0.1, -0.05) is 154 Å². The van der Waals surface area contributed by atoms with Crippen LogP contribution in [0.4, 0.5) is 17.1 Å². The third-order valence-corrected chi connectivity index (χ3v) is 11.3. The van der Waals surface area contributed by atoms with Crippen LogP contribution in [0.5, 0.6) is 0 Å². The molecule has 0 aliphatic rings. The van der Waals surface area contributed by atoms with Crippen molar-refractivity contribution in [1.82, 2.24) is 4.57 Å². The molecule has 0 amide bonds. The number of nitrogens with zero attached hydrogens (tertiary/aromatic N) is 2. The highest BCUT2D eigenvalue weighted by Gasteiger charge is 2.21. The number of aromatic nitrogens is 1. The van der Waals surface area contributed by atoms with Crippen LogP contribution < -0.4 is 4.90 Å². The number of anilines is 3. The summed E-state index contributed by atoms with van der Waals surface area (Å²) in [5.41, 5.74) is 13.3. The van der Waals surface area contributed by atoms with E-state index in [1.54, 1.807) is 0 Å². The molecule has 0 bridgehead atoms. The smallest absolute Gasteiger partial charge is 0.0542 e. The predicted molar refractivity (Wildman–Crippen MR) is 240 cm³/mol. The van der Waals surface area contributed by atoms with Crippen molar-refractivity contribution in [3.8, 4) is 27.9 Å². The van der Waals surface area contributed by atoms with Crippen LogP contribution in [0.15, 0.2) is 200 Å². The monoisotopic (exact) mass is 718 g/mol. The Morgan fingerprint density at radius 1 is 0.357 bits per heavy atom. The Morgan fingerprint density at radius 2 is 0.857 bits per heavy atom. The standard InChI is InChI=1S/C54H42N2/c1-54(2,3)39-29-33-47-49(35-39)53(37-17-7-4-8-18-37)46-25-14-13-24-45(46)52(47)38-27-30-42(31-28-38)56-50-26-16-15-23-44(50)48-36-43(32-34-51(48)56)55(40-19-9-5-10-20-40)41-21-11-6-12-22-41/h4-36H,1-3H3. The van der Waals surface area contributed by atoms with Gasteiger partial charge in [-0.15, -0.1) is 0 Å².